The zero-order chi connectivity index (χ0) is 16.0. The van der Waals surface area contributed by atoms with E-state index in [1.807, 2.05) is 42.5 Å². The molecule has 2 aliphatic rings. The van der Waals surface area contributed by atoms with Crippen molar-refractivity contribution in [3.8, 4) is 11.5 Å². The highest BCUT2D eigenvalue weighted by atomic mass is 16.5. The van der Waals surface area contributed by atoms with Crippen molar-refractivity contribution >= 4 is 11.4 Å². The van der Waals surface area contributed by atoms with Gasteiger partial charge in [0.05, 0.1) is 31.0 Å². The van der Waals surface area contributed by atoms with Gasteiger partial charge in [0.25, 0.3) is 0 Å². The predicted molar refractivity (Wildman–Crippen MR) is 91.5 cm³/mol. The van der Waals surface area contributed by atoms with Crippen LogP contribution in [0.3, 0.4) is 0 Å². The van der Waals surface area contributed by atoms with Crippen LogP contribution in [-0.2, 0) is 0 Å². The maximum Gasteiger partial charge on any atom is 0.129 e. The van der Waals surface area contributed by atoms with Crippen LogP contribution in [0.2, 0.25) is 0 Å². The molecule has 118 valence electrons. The summed E-state index contributed by atoms with van der Waals surface area (Å²) in [6, 6.07) is 16.2. The minimum absolute atomic E-state index is 0.250. The van der Waals surface area contributed by atoms with Crippen LogP contribution >= 0.6 is 0 Å². The fourth-order valence-corrected chi connectivity index (χ4v) is 3.33. The minimum atomic E-state index is -0.269. The molecule has 0 radical (unpaired) electrons. The van der Waals surface area contributed by atoms with Gasteiger partial charge in [-0.2, -0.15) is 5.10 Å². The maximum absolute atomic E-state index is 6.23. The summed E-state index contributed by atoms with van der Waals surface area (Å²) in [6.07, 6.45) is 0. The first kappa shape index (κ1) is 14.1. The molecule has 2 aromatic rings. The standard InChI is InChI=1S/C19H20N2O2/c1-19(2)16-12-21(13-8-10-14(22-3)11-9-13)20-18(16)15-6-4-5-7-17(15)23-19/h4-11,16H,12H2,1-3H3. The van der Waals surface area contributed by atoms with Crippen LogP contribution in [0.5, 0.6) is 11.5 Å². The van der Waals surface area contributed by atoms with E-state index in [2.05, 4.69) is 24.9 Å². The van der Waals surface area contributed by atoms with E-state index in [0.29, 0.717) is 0 Å². The van der Waals surface area contributed by atoms with Gasteiger partial charge in [-0.3, -0.25) is 5.01 Å². The number of rotatable bonds is 2. The average Bonchev–Trinajstić information content (AvgIpc) is 3.01. The van der Waals surface area contributed by atoms with Gasteiger partial charge in [-0.25, -0.2) is 0 Å². The Hall–Kier alpha value is -2.49. The van der Waals surface area contributed by atoms with Gasteiger partial charge in [-0.1, -0.05) is 12.1 Å². The maximum atomic E-state index is 6.23. The van der Waals surface area contributed by atoms with Crippen molar-refractivity contribution in [2.75, 3.05) is 18.7 Å². The molecule has 4 heteroatoms. The number of hydrogen-bond acceptors (Lipinski definition) is 4. The van der Waals surface area contributed by atoms with Crippen molar-refractivity contribution in [1.82, 2.24) is 0 Å². The molecule has 0 bridgehead atoms. The molecular formula is C19H20N2O2. The van der Waals surface area contributed by atoms with Crippen LogP contribution in [-0.4, -0.2) is 25.0 Å². The number of ether oxygens (including phenoxy) is 2. The van der Waals surface area contributed by atoms with Crippen molar-refractivity contribution in [3.05, 3.63) is 54.1 Å². The molecule has 4 nitrogen and oxygen atoms in total. The molecule has 0 spiro atoms. The monoisotopic (exact) mass is 308 g/mol. The van der Waals surface area contributed by atoms with Gasteiger partial charge in [0.1, 0.15) is 17.1 Å². The lowest BCUT2D eigenvalue weighted by Gasteiger charge is -2.38. The smallest absolute Gasteiger partial charge is 0.129 e. The van der Waals surface area contributed by atoms with Crippen molar-refractivity contribution in [2.24, 2.45) is 11.0 Å². The second kappa shape index (κ2) is 5.01. The zero-order valence-electron chi connectivity index (χ0n) is 13.6. The van der Waals surface area contributed by atoms with Gasteiger partial charge in [0.2, 0.25) is 0 Å². The lowest BCUT2D eigenvalue weighted by Crippen LogP contribution is -2.47. The zero-order valence-corrected chi connectivity index (χ0v) is 13.6. The van der Waals surface area contributed by atoms with Gasteiger partial charge in [-0.15, -0.1) is 0 Å². The van der Waals surface area contributed by atoms with E-state index in [9.17, 15) is 0 Å². The second-order valence-electron chi connectivity index (χ2n) is 6.52. The fraction of sp³-hybridized carbons (Fsp3) is 0.316. The number of hydrazone groups is 1. The third-order valence-electron chi connectivity index (χ3n) is 4.66. The molecule has 2 aromatic carbocycles. The lowest BCUT2D eigenvalue weighted by atomic mass is 9.81. The molecule has 1 atom stereocenters. The highest BCUT2D eigenvalue weighted by Crippen LogP contribution is 2.41. The molecule has 2 heterocycles. The summed E-state index contributed by atoms with van der Waals surface area (Å²) >= 11 is 0. The quantitative estimate of drug-likeness (QED) is 0.848. The highest BCUT2D eigenvalue weighted by molar-refractivity contribution is 6.08. The first-order valence-electron chi connectivity index (χ1n) is 7.87. The summed E-state index contributed by atoms with van der Waals surface area (Å²) in [5, 5.41) is 6.96. The first-order valence-corrected chi connectivity index (χ1v) is 7.87. The molecule has 0 aromatic heterocycles. The van der Waals surface area contributed by atoms with Crippen molar-refractivity contribution in [3.63, 3.8) is 0 Å². The SMILES string of the molecule is COc1ccc(N2CC3C(=N2)c2ccccc2OC3(C)C)cc1. The Kier molecular flexibility index (Phi) is 3.08. The molecule has 4 rings (SSSR count). The summed E-state index contributed by atoms with van der Waals surface area (Å²) in [5.41, 5.74) is 3.02. The van der Waals surface area contributed by atoms with Gasteiger partial charge < -0.3 is 9.47 Å². The minimum Gasteiger partial charge on any atom is -0.497 e. The summed E-state index contributed by atoms with van der Waals surface area (Å²) in [7, 11) is 1.68. The van der Waals surface area contributed by atoms with Crippen LogP contribution in [0.4, 0.5) is 5.69 Å². The molecule has 23 heavy (non-hydrogen) atoms. The topological polar surface area (TPSA) is 34.1 Å². The van der Waals surface area contributed by atoms with Crippen LogP contribution in [0.1, 0.15) is 19.4 Å². The van der Waals surface area contributed by atoms with E-state index in [0.717, 1.165) is 35.0 Å². The summed E-state index contributed by atoms with van der Waals surface area (Å²) in [4.78, 5) is 0. The molecule has 1 unspecified atom stereocenters. The fourth-order valence-electron chi connectivity index (χ4n) is 3.33. The van der Waals surface area contributed by atoms with E-state index >= 15 is 0 Å². The third-order valence-corrected chi connectivity index (χ3v) is 4.66. The molecule has 0 amide bonds. The van der Waals surface area contributed by atoms with Crippen LogP contribution in [0.15, 0.2) is 53.6 Å². The number of methoxy groups -OCH3 is 1. The van der Waals surface area contributed by atoms with Crippen molar-refractivity contribution in [1.29, 1.82) is 0 Å². The number of hydrogen-bond donors (Lipinski definition) is 0. The molecule has 2 aliphatic heterocycles. The summed E-state index contributed by atoms with van der Waals surface area (Å²) in [5.74, 6) is 2.02. The summed E-state index contributed by atoms with van der Waals surface area (Å²) < 4.78 is 11.5. The van der Waals surface area contributed by atoms with E-state index in [4.69, 9.17) is 14.6 Å². The number of benzene rings is 2. The van der Waals surface area contributed by atoms with E-state index in [-0.39, 0.29) is 11.5 Å². The number of anilines is 1. The van der Waals surface area contributed by atoms with Gasteiger partial charge in [0.15, 0.2) is 0 Å². The van der Waals surface area contributed by atoms with Gasteiger partial charge in [0, 0.05) is 5.56 Å². The van der Waals surface area contributed by atoms with Crippen molar-refractivity contribution in [2.45, 2.75) is 19.4 Å². The van der Waals surface area contributed by atoms with E-state index in [1.165, 1.54) is 0 Å². The number of para-hydroxylation sites is 1. The van der Waals surface area contributed by atoms with Crippen LogP contribution < -0.4 is 14.5 Å². The largest absolute Gasteiger partial charge is 0.497 e. The molecule has 0 fully saturated rings. The molecule has 0 saturated heterocycles. The molecular weight excluding hydrogens is 288 g/mol. The second-order valence-corrected chi connectivity index (χ2v) is 6.52. The number of fused-ring (bicyclic) bond motifs is 3. The number of nitrogens with zero attached hydrogens (tertiary/aromatic N) is 2. The Balaban J connectivity index is 1.74. The Morgan fingerprint density at radius 1 is 1.13 bits per heavy atom. The molecule has 0 N–H and O–H groups in total. The Labute approximate surface area is 136 Å². The van der Waals surface area contributed by atoms with Gasteiger partial charge >= 0.3 is 0 Å². The Morgan fingerprint density at radius 2 is 1.87 bits per heavy atom. The van der Waals surface area contributed by atoms with Crippen LogP contribution in [0.25, 0.3) is 0 Å². The van der Waals surface area contributed by atoms with E-state index in [1.54, 1.807) is 7.11 Å². The van der Waals surface area contributed by atoms with Gasteiger partial charge in [-0.05, 0) is 50.2 Å². The molecule has 0 saturated carbocycles. The molecule has 0 aliphatic carbocycles. The lowest BCUT2D eigenvalue weighted by molar-refractivity contribution is 0.0710. The normalized spacial score (nSPS) is 21.1. The predicted octanol–water partition coefficient (Wildman–Crippen LogP) is 3.71. The highest BCUT2D eigenvalue weighted by Gasteiger charge is 2.45. The Morgan fingerprint density at radius 3 is 2.61 bits per heavy atom. The van der Waals surface area contributed by atoms with E-state index < -0.39 is 0 Å². The Bertz CT molecular complexity index is 765. The van der Waals surface area contributed by atoms with Crippen molar-refractivity contribution < 1.29 is 9.47 Å². The average molecular weight is 308 g/mol. The first-order chi connectivity index (χ1) is 11.1. The van der Waals surface area contributed by atoms with Crippen LogP contribution in [0, 0.1) is 5.92 Å². The third kappa shape index (κ3) is 2.25. The summed E-state index contributed by atoms with van der Waals surface area (Å²) in [6.45, 7) is 5.10.